The van der Waals surface area contributed by atoms with Crippen LogP contribution in [0.2, 0.25) is 0 Å². The monoisotopic (exact) mass is 271 g/mol. The molecule has 0 saturated heterocycles. The molecule has 1 amide bonds. The molecule has 3 heteroatoms. The van der Waals surface area contributed by atoms with Crippen molar-refractivity contribution in [2.45, 2.75) is 96.9 Å². The number of rotatable bonds is 13. The first-order valence-corrected chi connectivity index (χ1v) is 8.20. The molecule has 0 aliphatic carbocycles. The Labute approximate surface area is 119 Å². The molecule has 0 aromatic heterocycles. The normalized spacial score (nSPS) is 12.3. The molecule has 0 heterocycles. The SMILES string of the molecule is CCCCCCCCCCCCC(CC)NC(=O)O. The molecule has 19 heavy (non-hydrogen) atoms. The first-order chi connectivity index (χ1) is 9.20. The van der Waals surface area contributed by atoms with Gasteiger partial charge in [-0.25, -0.2) is 4.79 Å². The fourth-order valence-corrected chi connectivity index (χ4v) is 2.43. The molecule has 0 bridgehead atoms. The van der Waals surface area contributed by atoms with Crippen molar-refractivity contribution in [3.05, 3.63) is 0 Å². The van der Waals surface area contributed by atoms with Crippen LogP contribution in [-0.2, 0) is 0 Å². The Morgan fingerprint density at radius 2 is 1.37 bits per heavy atom. The first kappa shape index (κ1) is 18.3. The maximum atomic E-state index is 10.5. The summed E-state index contributed by atoms with van der Waals surface area (Å²) in [7, 11) is 0. The number of carbonyl (C=O) groups is 1. The van der Waals surface area contributed by atoms with E-state index >= 15 is 0 Å². The molecule has 1 atom stereocenters. The van der Waals surface area contributed by atoms with E-state index in [1.807, 2.05) is 6.92 Å². The van der Waals surface area contributed by atoms with Crippen molar-refractivity contribution in [2.75, 3.05) is 0 Å². The summed E-state index contributed by atoms with van der Waals surface area (Å²) in [6.45, 7) is 4.29. The summed E-state index contributed by atoms with van der Waals surface area (Å²) in [5, 5.41) is 11.2. The van der Waals surface area contributed by atoms with Gasteiger partial charge in [-0.1, -0.05) is 78.1 Å². The van der Waals surface area contributed by atoms with E-state index in [9.17, 15) is 4.79 Å². The molecule has 2 N–H and O–H groups in total. The van der Waals surface area contributed by atoms with Crippen LogP contribution in [0.15, 0.2) is 0 Å². The highest BCUT2D eigenvalue weighted by Crippen LogP contribution is 2.12. The fourth-order valence-electron chi connectivity index (χ4n) is 2.43. The van der Waals surface area contributed by atoms with Gasteiger partial charge in [-0.3, -0.25) is 0 Å². The van der Waals surface area contributed by atoms with E-state index in [1.165, 1.54) is 57.8 Å². The predicted molar refractivity (Wildman–Crippen MR) is 81.7 cm³/mol. The third-order valence-electron chi connectivity index (χ3n) is 3.73. The van der Waals surface area contributed by atoms with Gasteiger partial charge in [0, 0.05) is 6.04 Å². The van der Waals surface area contributed by atoms with Crippen molar-refractivity contribution >= 4 is 6.09 Å². The summed E-state index contributed by atoms with van der Waals surface area (Å²) in [6, 6.07) is 0.145. The minimum Gasteiger partial charge on any atom is -0.465 e. The largest absolute Gasteiger partial charge is 0.465 e. The summed E-state index contributed by atoms with van der Waals surface area (Å²) in [5.74, 6) is 0. The molecule has 0 aromatic rings. The molecule has 3 nitrogen and oxygen atoms in total. The van der Waals surface area contributed by atoms with Crippen LogP contribution in [0.1, 0.15) is 90.9 Å². The quantitative estimate of drug-likeness (QED) is 0.444. The highest BCUT2D eigenvalue weighted by atomic mass is 16.4. The van der Waals surface area contributed by atoms with Crippen LogP contribution in [0.3, 0.4) is 0 Å². The third-order valence-corrected chi connectivity index (χ3v) is 3.73. The molecule has 1 unspecified atom stereocenters. The van der Waals surface area contributed by atoms with Crippen molar-refractivity contribution < 1.29 is 9.90 Å². The molecule has 0 aliphatic heterocycles. The Hall–Kier alpha value is -0.730. The van der Waals surface area contributed by atoms with E-state index in [0.29, 0.717) is 0 Å². The highest BCUT2D eigenvalue weighted by Gasteiger charge is 2.07. The zero-order valence-electron chi connectivity index (χ0n) is 12.9. The second-order valence-electron chi connectivity index (χ2n) is 5.53. The van der Waals surface area contributed by atoms with Crippen molar-refractivity contribution in [1.29, 1.82) is 0 Å². The van der Waals surface area contributed by atoms with E-state index in [2.05, 4.69) is 12.2 Å². The summed E-state index contributed by atoms with van der Waals surface area (Å²) in [4.78, 5) is 10.5. The molecule has 0 radical (unpaired) electrons. The summed E-state index contributed by atoms with van der Waals surface area (Å²) in [6.07, 6.45) is 14.3. The average molecular weight is 271 g/mol. The molecular formula is C16H33NO2. The van der Waals surface area contributed by atoms with Crippen LogP contribution < -0.4 is 5.32 Å². The summed E-state index contributed by atoms with van der Waals surface area (Å²) < 4.78 is 0. The number of hydrogen-bond acceptors (Lipinski definition) is 1. The first-order valence-electron chi connectivity index (χ1n) is 8.20. The van der Waals surface area contributed by atoms with Crippen molar-refractivity contribution in [2.24, 2.45) is 0 Å². The van der Waals surface area contributed by atoms with Crippen molar-refractivity contribution in [3.63, 3.8) is 0 Å². The minimum absolute atomic E-state index is 0.145. The van der Waals surface area contributed by atoms with Crippen LogP contribution in [0, 0.1) is 0 Å². The predicted octanol–water partition coefficient (Wildman–Crippen LogP) is 5.34. The van der Waals surface area contributed by atoms with Gasteiger partial charge in [-0.2, -0.15) is 0 Å². The number of nitrogens with one attached hydrogen (secondary N) is 1. The molecule has 0 aromatic carbocycles. The summed E-state index contributed by atoms with van der Waals surface area (Å²) >= 11 is 0. The molecule has 0 rings (SSSR count). The van der Waals surface area contributed by atoms with Gasteiger partial charge in [0.05, 0.1) is 0 Å². The topological polar surface area (TPSA) is 49.3 Å². The van der Waals surface area contributed by atoms with E-state index in [4.69, 9.17) is 5.11 Å². The summed E-state index contributed by atoms with van der Waals surface area (Å²) in [5.41, 5.74) is 0. The van der Waals surface area contributed by atoms with E-state index in [1.54, 1.807) is 0 Å². The van der Waals surface area contributed by atoms with Crippen molar-refractivity contribution in [1.82, 2.24) is 5.32 Å². The number of carboxylic acid groups (broad SMARTS) is 1. The Morgan fingerprint density at radius 3 is 1.79 bits per heavy atom. The maximum absolute atomic E-state index is 10.5. The van der Waals surface area contributed by atoms with Gasteiger partial charge in [-0.15, -0.1) is 0 Å². The Morgan fingerprint density at radius 1 is 0.895 bits per heavy atom. The zero-order chi connectivity index (χ0) is 14.3. The third kappa shape index (κ3) is 13.5. The van der Waals surface area contributed by atoms with Crippen LogP contribution in [0.25, 0.3) is 0 Å². The van der Waals surface area contributed by atoms with Crippen molar-refractivity contribution in [3.8, 4) is 0 Å². The molecular weight excluding hydrogens is 238 g/mol. The molecule has 0 spiro atoms. The molecule has 114 valence electrons. The maximum Gasteiger partial charge on any atom is 0.404 e. The Kier molecular flexibility index (Phi) is 13.2. The number of amides is 1. The van der Waals surface area contributed by atoms with Crippen LogP contribution in [-0.4, -0.2) is 17.2 Å². The van der Waals surface area contributed by atoms with Gasteiger partial charge < -0.3 is 10.4 Å². The van der Waals surface area contributed by atoms with E-state index in [-0.39, 0.29) is 6.04 Å². The van der Waals surface area contributed by atoms with Gasteiger partial charge in [0.1, 0.15) is 0 Å². The van der Waals surface area contributed by atoms with Crippen LogP contribution >= 0.6 is 0 Å². The molecule has 0 aliphatic rings. The standard InChI is InChI=1S/C16H33NO2/c1-3-5-6-7-8-9-10-11-12-13-14-15(4-2)17-16(18)19/h15,17H,3-14H2,1-2H3,(H,18,19). The van der Waals surface area contributed by atoms with Crippen LogP contribution in [0.5, 0.6) is 0 Å². The zero-order valence-corrected chi connectivity index (χ0v) is 12.9. The lowest BCUT2D eigenvalue weighted by Crippen LogP contribution is -2.32. The Bertz CT molecular complexity index is 207. The second kappa shape index (κ2) is 13.7. The van der Waals surface area contributed by atoms with E-state index in [0.717, 1.165) is 19.3 Å². The van der Waals surface area contributed by atoms with Crippen LogP contribution in [0.4, 0.5) is 4.79 Å². The highest BCUT2D eigenvalue weighted by molar-refractivity contribution is 5.64. The van der Waals surface area contributed by atoms with Gasteiger partial charge in [0.2, 0.25) is 0 Å². The van der Waals surface area contributed by atoms with E-state index < -0.39 is 6.09 Å². The van der Waals surface area contributed by atoms with Gasteiger partial charge in [0.25, 0.3) is 0 Å². The lowest BCUT2D eigenvalue weighted by molar-refractivity contribution is 0.188. The number of unbranched alkanes of at least 4 members (excludes halogenated alkanes) is 9. The smallest absolute Gasteiger partial charge is 0.404 e. The minimum atomic E-state index is -0.890. The lowest BCUT2D eigenvalue weighted by Gasteiger charge is -2.14. The van der Waals surface area contributed by atoms with Gasteiger partial charge in [-0.05, 0) is 12.8 Å². The molecule has 0 saturated carbocycles. The van der Waals surface area contributed by atoms with Gasteiger partial charge in [0.15, 0.2) is 0 Å². The average Bonchev–Trinajstić information content (AvgIpc) is 2.39. The fraction of sp³-hybridized carbons (Fsp3) is 0.938. The van der Waals surface area contributed by atoms with Gasteiger partial charge >= 0.3 is 6.09 Å². The Balaban J connectivity index is 3.23. The number of hydrogen-bond donors (Lipinski definition) is 2. The second-order valence-corrected chi connectivity index (χ2v) is 5.53. The molecule has 0 fully saturated rings. The lowest BCUT2D eigenvalue weighted by atomic mass is 10.0.